The van der Waals surface area contributed by atoms with Gasteiger partial charge in [-0.25, -0.2) is 4.68 Å². The number of carbonyl (C=O) groups is 1. The molecule has 0 spiro atoms. The van der Waals surface area contributed by atoms with E-state index in [2.05, 4.69) is 26.2 Å². The number of hydrogen-bond donors (Lipinski definition) is 1. The first kappa shape index (κ1) is 12.9. The fraction of sp³-hybridized carbons (Fsp3) is 0.250. The lowest BCUT2D eigenvalue weighted by atomic mass is 9.93. The lowest BCUT2D eigenvalue weighted by Gasteiger charge is -2.13. The van der Waals surface area contributed by atoms with Gasteiger partial charge in [0.05, 0.1) is 5.92 Å². The number of carbonyl (C=O) groups excluding carboxylic acids is 1. The lowest BCUT2D eigenvalue weighted by Crippen LogP contribution is -2.24. The highest BCUT2D eigenvalue weighted by Crippen LogP contribution is 2.23. The monoisotopic (exact) mass is 308 g/mol. The van der Waals surface area contributed by atoms with Crippen LogP contribution in [0.1, 0.15) is 22.0 Å². The summed E-state index contributed by atoms with van der Waals surface area (Å²) in [6.07, 6.45) is 0. The molecule has 6 heteroatoms. The molecule has 1 aromatic heterocycles. The molecule has 0 bridgehead atoms. The van der Waals surface area contributed by atoms with Crippen LogP contribution in [0.3, 0.4) is 0 Å². The molecule has 0 aliphatic heterocycles. The summed E-state index contributed by atoms with van der Waals surface area (Å²) < 4.78 is 1.90. The fourth-order valence-corrected chi connectivity index (χ4v) is 2.36. The van der Waals surface area contributed by atoms with E-state index in [1.807, 2.05) is 30.3 Å². The number of nitrogens with two attached hydrogens (primary N) is 1. The molecule has 0 amide bonds. The smallest absolute Gasteiger partial charge is 0.192 e. The second-order valence-corrected chi connectivity index (χ2v) is 4.67. The Balaban J connectivity index is 2.38. The highest BCUT2D eigenvalue weighted by molar-refractivity contribution is 9.10. The van der Waals surface area contributed by atoms with Gasteiger partial charge in [-0.15, -0.1) is 5.10 Å². The van der Waals surface area contributed by atoms with Crippen molar-refractivity contribution in [3.8, 4) is 0 Å². The van der Waals surface area contributed by atoms with Crippen molar-refractivity contribution in [2.24, 2.45) is 12.8 Å². The van der Waals surface area contributed by atoms with E-state index in [4.69, 9.17) is 5.73 Å². The SMILES string of the molecule is Cn1nnc(Br)c1C(=O)C(CN)c1ccccc1. The first-order valence-electron chi connectivity index (χ1n) is 5.49. The van der Waals surface area contributed by atoms with Crippen molar-refractivity contribution < 1.29 is 4.79 Å². The molecule has 0 aliphatic rings. The predicted molar refractivity (Wildman–Crippen MR) is 71.3 cm³/mol. The van der Waals surface area contributed by atoms with Crippen LogP contribution < -0.4 is 5.73 Å². The standard InChI is InChI=1S/C12H13BrN4O/c1-17-10(12(13)15-16-17)11(18)9(7-14)8-5-3-2-4-6-8/h2-6,9H,7,14H2,1H3. The molecular formula is C12H13BrN4O. The number of nitrogens with zero attached hydrogens (tertiary/aromatic N) is 3. The second-order valence-electron chi connectivity index (χ2n) is 3.92. The molecule has 2 rings (SSSR count). The largest absolute Gasteiger partial charge is 0.329 e. The van der Waals surface area contributed by atoms with Gasteiger partial charge in [0.25, 0.3) is 0 Å². The van der Waals surface area contributed by atoms with Crippen LogP contribution in [-0.4, -0.2) is 27.3 Å². The Morgan fingerprint density at radius 1 is 1.44 bits per heavy atom. The molecule has 0 aliphatic carbocycles. The number of hydrogen-bond acceptors (Lipinski definition) is 4. The summed E-state index contributed by atoms with van der Waals surface area (Å²) in [4.78, 5) is 12.5. The van der Waals surface area contributed by atoms with Crippen LogP contribution in [0, 0.1) is 0 Å². The fourth-order valence-electron chi connectivity index (χ4n) is 1.84. The Labute approximate surface area is 113 Å². The number of aromatic nitrogens is 3. The highest BCUT2D eigenvalue weighted by atomic mass is 79.9. The Morgan fingerprint density at radius 2 is 2.11 bits per heavy atom. The number of ketones is 1. The first-order chi connectivity index (χ1) is 8.65. The molecular weight excluding hydrogens is 296 g/mol. The third-order valence-corrected chi connectivity index (χ3v) is 3.31. The van der Waals surface area contributed by atoms with E-state index >= 15 is 0 Å². The molecule has 0 saturated heterocycles. The number of benzene rings is 1. The first-order valence-corrected chi connectivity index (χ1v) is 6.29. The van der Waals surface area contributed by atoms with Gasteiger partial charge in [0, 0.05) is 13.6 Å². The Hall–Kier alpha value is -1.53. The number of Topliss-reactive ketones (excluding diaryl/α,β-unsaturated/α-hetero) is 1. The maximum Gasteiger partial charge on any atom is 0.192 e. The molecule has 1 heterocycles. The van der Waals surface area contributed by atoms with Gasteiger partial charge in [-0.2, -0.15) is 0 Å². The zero-order valence-corrected chi connectivity index (χ0v) is 11.5. The molecule has 94 valence electrons. The summed E-state index contributed by atoms with van der Waals surface area (Å²) in [5.41, 5.74) is 7.07. The third-order valence-electron chi connectivity index (χ3n) is 2.77. The second kappa shape index (κ2) is 5.41. The lowest BCUT2D eigenvalue weighted by molar-refractivity contribution is 0.0952. The number of rotatable bonds is 4. The number of halogens is 1. The van der Waals surface area contributed by atoms with Crippen molar-refractivity contribution >= 4 is 21.7 Å². The average Bonchev–Trinajstić information content (AvgIpc) is 2.71. The van der Waals surface area contributed by atoms with E-state index in [9.17, 15) is 4.79 Å². The van der Waals surface area contributed by atoms with Crippen molar-refractivity contribution in [2.45, 2.75) is 5.92 Å². The topological polar surface area (TPSA) is 73.8 Å². The summed E-state index contributed by atoms with van der Waals surface area (Å²) >= 11 is 3.23. The van der Waals surface area contributed by atoms with Crippen molar-refractivity contribution in [3.63, 3.8) is 0 Å². The summed E-state index contributed by atoms with van der Waals surface area (Å²) in [6, 6.07) is 9.48. The van der Waals surface area contributed by atoms with Crippen molar-refractivity contribution in [3.05, 3.63) is 46.2 Å². The van der Waals surface area contributed by atoms with E-state index in [1.54, 1.807) is 7.05 Å². The minimum atomic E-state index is -0.375. The van der Waals surface area contributed by atoms with Crippen LogP contribution in [0.5, 0.6) is 0 Å². The molecule has 1 unspecified atom stereocenters. The molecule has 2 aromatic rings. The van der Waals surface area contributed by atoms with Crippen molar-refractivity contribution in [1.29, 1.82) is 0 Å². The molecule has 5 nitrogen and oxygen atoms in total. The quantitative estimate of drug-likeness (QED) is 0.869. The van der Waals surface area contributed by atoms with Gasteiger partial charge >= 0.3 is 0 Å². The minimum Gasteiger partial charge on any atom is -0.329 e. The summed E-state index contributed by atoms with van der Waals surface area (Å²) in [7, 11) is 1.68. The zero-order chi connectivity index (χ0) is 13.1. The van der Waals surface area contributed by atoms with Gasteiger partial charge in [0.1, 0.15) is 5.69 Å². The van der Waals surface area contributed by atoms with Gasteiger partial charge in [0.2, 0.25) is 0 Å². The Bertz CT molecular complexity index is 533. The van der Waals surface area contributed by atoms with Crippen LogP contribution >= 0.6 is 15.9 Å². The van der Waals surface area contributed by atoms with Crippen molar-refractivity contribution in [1.82, 2.24) is 15.0 Å². The van der Waals surface area contributed by atoms with Crippen LogP contribution in [0.15, 0.2) is 34.9 Å². The molecule has 2 N–H and O–H groups in total. The van der Waals surface area contributed by atoms with Crippen LogP contribution in [0.4, 0.5) is 0 Å². The maximum atomic E-state index is 12.5. The van der Waals surface area contributed by atoms with E-state index in [-0.39, 0.29) is 18.2 Å². The Kier molecular flexibility index (Phi) is 3.88. The summed E-state index contributed by atoms with van der Waals surface area (Å²) in [5, 5.41) is 7.62. The van der Waals surface area contributed by atoms with E-state index < -0.39 is 0 Å². The zero-order valence-electron chi connectivity index (χ0n) is 9.88. The third kappa shape index (κ3) is 2.34. The molecule has 18 heavy (non-hydrogen) atoms. The molecule has 1 atom stereocenters. The van der Waals surface area contributed by atoms with Gasteiger partial charge in [-0.05, 0) is 21.5 Å². The van der Waals surface area contributed by atoms with Crippen LogP contribution in [-0.2, 0) is 7.05 Å². The van der Waals surface area contributed by atoms with Crippen molar-refractivity contribution in [2.75, 3.05) is 6.54 Å². The Morgan fingerprint density at radius 3 is 2.61 bits per heavy atom. The van der Waals surface area contributed by atoms with Gasteiger partial charge in [-0.3, -0.25) is 4.79 Å². The van der Waals surface area contributed by atoms with Gasteiger partial charge < -0.3 is 5.73 Å². The van der Waals surface area contributed by atoms with Crippen LogP contribution in [0.25, 0.3) is 0 Å². The van der Waals surface area contributed by atoms with Gasteiger partial charge in [0.15, 0.2) is 10.4 Å². The number of aryl methyl sites for hydroxylation is 1. The molecule has 0 fully saturated rings. The maximum absolute atomic E-state index is 12.5. The van der Waals surface area contributed by atoms with Gasteiger partial charge in [-0.1, -0.05) is 35.5 Å². The molecule has 0 saturated carbocycles. The van der Waals surface area contributed by atoms with E-state index in [0.29, 0.717) is 10.3 Å². The van der Waals surface area contributed by atoms with Crippen LogP contribution in [0.2, 0.25) is 0 Å². The summed E-state index contributed by atoms with van der Waals surface area (Å²) in [6.45, 7) is 0.250. The summed E-state index contributed by atoms with van der Waals surface area (Å²) in [5.74, 6) is -0.456. The van der Waals surface area contributed by atoms with E-state index in [1.165, 1.54) is 4.68 Å². The molecule has 1 aromatic carbocycles. The normalized spacial score (nSPS) is 12.4. The molecule has 0 radical (unpaired) electrons. The predicted octanol–water partition coefficient (Wildman–Crippen LogP) is 1.50. The average molecular weight is 309 g/mol. The highest BCUT2D eigenvalue weighted by Gasteiger charge is 2.26. The van der Waals surface area contributed by atoms with E-state index in [0.717, 1.165) is 5.56 Å². The minimum absolute atomic E-state index is 0.0805.